The highest BCUT2D eigenvalue weighted by atomic mass is 19.1. The van der Waals surface area contributed by atoms with Crippen molar-refractivity contribution in [2.75, 3.05) is 13.1 Å². The quantitative estimate of drug-likeness (QED) is 0.630. The molecule has 2 aromatic rings. The molecule has 6 nitrogen and oxygen atoms in total. The Balaban J connectivity index is 1.89. The Morgan fingerprint density at radius 3 is 2.78 bits per heavy atom. The summed E-state index contributed by atoms with van der Waals surface area (Å²) >= 11 is 0. The van der Waals surface area contributed by atoms with Gasteiger partial charge in [0.1, 0.15) is 5.82 Å². The van der Waals surface area contributed by atoms with Crippen LogP contribution in [0.4, 0.5) is 4.39 Å². The van der Waals surface area contributed by atoms with Gasteiger partial charge < -0.3 is 15.2 Å². The SMILES string of the molecule is CCNC(=NCc1ccc(C)c(F)c1)NCCc1nc(C)no1. The average molecular weight is 319 g/mol. The first-order chi connectivity index (χ1) is 11.1. The normalized spacial score (nSPS) is 11.6. The molecule has 0 radical (unpaired) electrons. The second-order valence-corrected chi connectivity index (χ2v) is 5.19. The summed E-state index contributed by atoms with van der Waals surface area (Å²) in [6.07, 6.45) is 0.615. The molecule has 2 N–H and O–H groups in total. The van der Waals surface area contributed by atoms with Gasteiger partial charge in [0.2, 0.25) is 5.89 Å². The molecule has 0 bridgehead atoms. The lowest BCUT2D eigenvalue weighted by atomic mass is 10.1. The number of aromatic nitrogens is 2. The van der Waals surface area contributed by atoms with E-state index in [2.05, 4.69) is 25.8 Å². The molecule has 0 saturated heterocycles. The third-order valence-corrected chi connectivity index (χ3v) is 3.20. The highest BCUT2D eigenvalue weighted by molar-refractivity contribution is 5.79. The molecule has 0 saturated carbocycles. The maximum atomic E-state index is 13.5. The maximum absolute atomic E-state index is 13.5. The Hall–Kier alpha value is -2.44. The maximum Gasteiger partial charge on any atom is 0.228 e. The Morgan fingerprint density at radius 2 is 2.13 bits per heavy atom. The van der Waals surface area contributed by atoms with E-state index in [0.717, 1.165) is 12.1 Å². The molecule has 0 spiro atoms. The number of halogens is 1. The minimum absolute atomic E-state index is 0.206. The smallest absolute Gasteiger partial charge is 0.228 e. The van der Waals surface area contributed by atoms with Crippen LogP contribution in [0.1, 0.15) is 29.8 Å². The van der Waals surface area contributed by atoms with Gasteiger partial charge in [0, 0.05) is 19.5 Å². The van der Waals surface area contributed by atoms with Gasteiger partial charge in [0.15, 0.2) is 11.8 Å². The van der Waals surface area contributed by atoms with Crippen LogP contribution >= 0.6 is 0 Å². The van der Waals surface area contributed by atoms with E-state index < -0.39 is 0 Å². The predicted molar refractivity (Wildman–Crippen MR) is 86.7 cm³/mol. The van der Waals surface area contributed by atoms with Crippen LogP contribution in [0.3, 0.4) is 0 Å². The lowest BCUT2D eigenvalue weighted by Gasteiger charge is -2.10. The van der Waals surface area contributed by atoms with Crippen molar-refractivity contribution in [3.05, 3.63) is 46.9 Å². The number of nitrogens with one attached hydrogen (secondary N) is 2. The molecule has 1 heterocycles. The number of aliphatic imine (C=N–C) groups is 1. The highest BCUT2D eigenvalue weighted by Gasteiger charge is 2.04. The molecule has 0 aliphatic heterocycles. The topological polar surface area (TPSA) is 75.3 Å². The molecule has 0 aliphatic carbocycles. The first-order valence-corrected chi connectivity index (χ1v) is 7.65. The van der Waals surface area contributed by atoms with Gasteiger partial charge in [-0.05, 0) is 38.0 Å². The summed E-state index contributed by atoms with van der Waals surface area (Å²) in [5.41, 5.74) is 1.47. The van der Waals surface area contributed by atoms with Gasteiger partial charge in [0.05, 0.1) is 6.54 Å². The Bertz CT molecular complexity index is 668. The average Bonchev–Trinajstić information content (AvgIpc) is 2.93. The minimum Gasteiger partial charge on any atom is -0.357 e. The van der Waals surface area contributed by atoms with Crippen molar-refractivity contribution < 1.29 is 8.91 Å². The highest BCUT2D eigenvalue weighted by Crippen LogP contribution is 2.09. The third-order valence-electron chi connectivity index (χ3n) is 3.20. The van der Waals surface area contributed by atoms with Crippen LogP contribution in [0.5, 0.6) is 0 Å². The third kappa shape index (κ3) is 5.36. The fourth-order valence-electron chi connectivity index (χ4n) is 1.98. The molecule has 0 unspecified atom stereocenters. The summed E-state index contributed by atoms with van der Waals surface area (Å²) < 4.78 is 18.6. The fraction of sp³-hybridized carbons (Fsp3) is 0.438. The van der Waals surface area contributed by atoms with Gasteiger partial charge in [-0.1, -0.05) is 17.3 Å². The zero-order valence-electron chi connectivity index (χ0n) is 13.7. The van der Waals surface area contributed by atoms with Crippen molar-refractivity contribution in [3.8, 4) is 0 Å². The van der Waals surface area contributed by atoms with Crippen LogP contribution in [-0.4, -0.2) is 29.2 Å². The van der Waals surface area contributed by atoms with Crippen LogP contribution in [0, 0.1) is 19.7 Å². The second kappa shape index (κ2) is 8.26. The molecule has 0 atom stereocenters. The lowest BCUT2D eigenvalue weighted by Crippen LogP contribution is -2.38. The van der Waals surface area contributed by atoms with Crippen molar-refractivity contribution in [2.45, 2.75) is 33.7 Å². The molecule has 1 aromatic carbocycles. The summed E-state index contributed by atoms with van der Waals surface area (Å²) in [5, 5.41) is 10.1. The van der Waals surface area contributed by atoms with E-state index in [1.807, 2.05) is 13.0 Å². The number of aryl methyl sites for hydroxylation is 2. The largest absolute Gasteiger partial charge is 0.357 e. The summed E-state index contributed by atoms with van der Waals surface area (Å²) in [4.78, 5) is 8.60. The molecule has 0 amide bonds. The molecular formula is C16H22FN5O. The standard InChI is InChI=1S/C16H22FN5O/c1-4-18-16(19-8-7-15-21-12(3)22-23-15)20-10-13-6-5-11(2)14(17)9-13/h5-6,9H,4,7-8,10H2,1-3H3,(H2,18,19,20). The molecule has 7 heteroatoms. The predicted octanol–water partition coefficient (Wildman–Crippen LogP) is 2.12. The van der Waals surface area contributed by atoms with Crippen molar-refractivity contribution >= 4 is 5.96 Å². The second-order valence-electron chi connectivity index (χ2n) is 5.19. The van der Waals surface area contributed by atoms with Gasteiger partial charge in [-0.2, -0.15) is 4.98 Å². The zero-order chi connectivity index (χ0) is 16.7. The van der Waals surface area contributed by atoms with Crippen LogP contribution in [0.15, 0.2) is 27.7 Å². The Labute approximate surface area is 135 Å². The zero-order valence-corrected chi connectivity index (χ0v) is 13.7. The number of hydrogen-bond donors (Lipinski definition) is 2. The van der Waals surface area contributed by atoms with E-state index in [1.165, 1.54) is 6.07 Å². The molecule has 124 valence electrons. The summed E-state index contributed by atoms with van der Waals surface area (Å²) in [5.74, 6) is 1.68. The van der Waals surface area contributed by atoms with Gasteiger partial charge in [-0.3, -0.25) is 0 Å². The monoisotopic (exact) mass is 319 g/mol. The van der Waals surface area contributed by atoms with E-state index >= 15 is 0 Å². The summed E-state index contributed by atoms with van der Waals surface area (Å²) in [7, 11) is 0. The van der Waals surface area contributed by atoms with E-state index in [1.54, 1.807) is 19.9 Å². The van der Waals surface area contributed by atoms with Crippen LogP contribution < -0.4 is 10.6 Å². The molecule has 1 aromatic heterocycles. The molecular weight excluding hydrogens is 297 g/mol. The van der Waals surface area contributed by atoms with Crippen molar-refractivity contribution in [3.63, 3.8) is 0 Å². The number of benzene rings is 1. The molecule has 2 rings (SSSR count). The Kier molecular flexibility index (Phi) is 6.08. The lowest BCUT2D eigenvalue weighted by molar-refractivity contribution is 0.374. The summed E-state index contributed by atoms with van der Waals surface area (Å²) in [6.45, 7) is 7.29. The van der Waals surface area contributed by atoms with Crippen molar-refractivity contribution in [1.29, 1.82) is 0 Å². The molecule has 0 aliphatic rings. The number of guanidine groups is 1. The first kappa shape index (κ1) is 16.9. The minimum atomic E-state index is -0.206. The molecule has 0 fully saturated rings. The van der Waals surface area contributed by atoms with Gasteiger partial charge >= 0.3 is 0 Å². The van der Waals surface area contributed by atoms with E-state index in [-0.39, 0.29) is 5.82 Å². The van der Waals surface area contributed by atoms with E-state index in [9.17, 15) is 4.39 Å². The fourth-order valence-corrected chi connectivity index (χ4v) is 1.98. The van der Waals surface area contributed by atoms with Crippen molar-refractivity contribution in [2.24, 2.45) is 4.99 Å². The van der Waals surface area contributed by atoms with Crippen LogP contribution in [-0.2, 0) is 13.0 Å². The van der Waals surface area contributed by atoms with Crippen molar-refractivity contribution in [1.82, 2.24) is 20.8 Å². The van der Waals surface area contributed by atoms with Gasteiger partial charge in [-0.15, -0.1) is 0 Å². The van der Waals surface area contributed by atoms with Gasteiger partial charge in [0.25, 0.3) is 0 Å². The summed E-state index contributed by atoms with van der Waals surface area (Å²) in [6, 6.07) is 5.16. The van der Waals surface area contributed by atoms with E-state index in [4.69, 9.17) is 4.52 Å². The van der Waals surface area contributed by atoms with Crippen LogP contribution in [0.2, 0.25) is 0 Å². The van der Waals surface area contributed by atoms with E-state index in [0.29, 0.717) is 42.7 Å². The van der Waals surface area contributed by atoms with Crippen LogP contribution in [0.25, 0.3) is 0 Å². The Morgan fingerprint density at radius 1 is 1.30 bits per heavy atom. The first-order valence-electron chi connectivity index (χ1n) is 7.65. The number of nitrogens with zero attached hydrogens (tertiary/aromatic N) is 3. The van der Waals surface area contributed by atoms with Gasteiger partial charge in [-0.25, -0.2) is 9.38 Å². The molecule has 23 heavy (non-hydrogen) atoms. The number of hydrogen-bond acceptors (Lipinski definition) is 4. The number of rotatable bonds is 6.